The second-order valence-electron chi connectivity index (χ2n) is 18.5. The van der Waals surface area contributed by atoms with Crippen molar-refractivity contribution in [3.8, 4) is 0 Å². The number of nitrogens with two attached hydrogens (primary N) is 1. The Hall–Kier alpha value is -7.63. The van der Waals surface area contributed by atoms with Gasteiger partial charge in [-0.3, -0.25) is 19.8 Å². The Morgan fingerprint density at radius 1 is 0.722 bits per heavy atom. The van der Waals surface area contributed by atoms with Gasteiger partial charge < -0.3 is 45.4 Å². The average molecular weight is 1010 g/mol. The van der Waals surface area contributed by atoms with Crippen molar-refractivity contribution in [1.29, 1.82) is 0 Å². The van der Waals surface area contributed by atoms with Crippen LogP contribution in [0, 0.1) is 25.5 Å². The van der Waals surface area contributed by atoms with Gasteiger partial charge in [0, 0.05) is 50.7 Å². The second-order valence-corrected chi connectivity index (χ2v) is 18.5. The lowest BCUT2D eigenvalue weighted by molar-refractivity contribution is 0.0623. The van der Waals surface area contributed by atoms with Crippen LogP contribution in [0.25, 0.3) is 22.1 Å². The third-order valence-corrected chi connectivity index (χ3v) is 10.7. The number of nitrogens with zero attached hydrogens (tertiary/aromatic N) is 8. The zero-order valence-electron chi connectivity index (χ0n) is 41.8. The summed E-state index contributed by atoms with van der Waals surface area (Å²) in [5.41, 5.74) is 7.76. The van der Waals surface area contributed by atoms with Crippen molar-refractivity contribution >= 4 is 69.4 Å². The number of hydrogen-bond donors (Lipinski definition) is 7. The molecule has 0 unspecified atom stereocenters. The Labute approximate surface area is 416 Å². The Balaban J connectivity index is 0.000000250. The first-order chi connectivity index (χ1) is 34.0. The highest BCUT2D eigenvalue weighted by Crippen LogP contribution is 2.29. The van der Waals surface area contributed by atoms with Crippen molar-refractivity contribution in [3.63, 3.8) is 0 Å². The molecule has 6 aromatic rings. The van der Waals surface area contributed by atoms with Crippen LogP contribution >= 0.6 is 0 Å². The number of alkyl halides is 1. The van der Waals surface area contributed by atoms with E-state index in [1.54, 1.807) is 47.9 Å². The number of carbonyl (C=O) groups excluding carboxylic acids is 3. The molecule has 6 aromatic heterocycles. The van der Waals surface area contributed by atoms with Gasteiger partial charge in [-0.1, -0.05) is 7.43 Å². The van der Waals surface area contributed by atoms with Crippen LogP contribution in [0.4, 0.5) is 46.0 Å². The molecular formula is C48H65F3N14O7. The number of hydrogen-bond acceptors (Lipinski definition) is 15. The van der Waals surface area contributed by atoms with Gasteiger partial charge in [0.1, 0.15) is 64.0 Å². The molecule has 8 rings (SSSR count). The van der Waals surface area contributed by atoms with Crippen LogP contribution < -0.4 is 31.5 Å². The number of nitrogens with one attached hydrogen (secondary N) is 5. The SMILES string of the molecule is C.CC(C)(C)OC(=O)Nc1cc(C(=O)O)c(F)cn1.Cc1c[nH]c2ncnc(N3CCC(N)CC3)c12.Cc1c[nH]c2ncnc(N3CCC(NC(=O)c4cc(NC(=O)OC(C)(C)C)ncc4F)CC3)c12.[2H]CF. The maximum atomic E-state index is 14.3. The topological polar surface area (TPSA) is 284 Å². The minimum absolute atomic E-state index is 0. The molecule has 2 aliphatic rings. The lowest BCUT2D eigenvalue weighted by Gasteiger charge is -2.33. The molecule has 2 saturated heterocycles. The molecule has 0 spiro atoms. The molecule has 3 amide bonds. The number of carbonyl (C=O) groups is 4. The Kier molecular flexibility index (Phi) is 19.2. The third-order valence-electron chi connectivity index (χ3n) is 10.7. The molecule has 390 valence electrons. The van der Waals surface area contributed by atoms with Crippen LogP contribution in [0.15, 0.2) is 49.6 Å². The molecule has 0 aliphatic carbocycles. The van der Waals surface area contributed by atoms with E-state index in [-0.39, 0.29) is 30.7 Å². The summed E-state index contributed by atoms with van der Waals surface area (Å²) in [5, 5.41) is 18.4. The molecule has 2 aliphatic heterocycles. The summed E-state index contributed by atoms with van der Waals surface area (Å²) in [4.78, 5) is 82.4. The Morgan fingerprint density at radius 2 is 1.12 bits per heavy atom. The Bertz CT molecular complexity index is 2820. The number of ether oxygens (including phenoxy) is 2. The first kappa shape index (κ1) is 55.3. The highest BCUT2D eigenvalue weighted by molar-refractivity contribution is 5.96. The van der Waals surface area contributed by atoms with Crippen LogP contribution in [0.2, 0.25) is 0 Å². The minimum atomic E-state index is -1.44. The van der Waals surface area contributed by atoms with Crippen LogP contribution in [0.3, 0.4) is 0 Å². The molecule has 0 atom stereocenters. The van der Waals surface area contributed by atoms with E-state index < -0.39 is 59.6 Å². The third kappa shape index (κ3) is 15.7. The number of anilines is 4. The highest BCUT2D eigenvalue weighted by Gasteiger charge is 2.27. The van der Waals surface area contributed by atoms with Crippen LogP contribution in [-0.2, 0) is 9.47 Å². The van der Waals surface area contributed by atoms with E-state index in [2.05, 4.69) is 72.5 Å². The zero-order chi connectivity index (χ0) is 52.9. The fourth-order valence-electron chi connectivity index (χ4n) is 7.45. The number of piperidine rings is 2. The van der Waals surface area contributed by atoms with E-state index in [1.807, 2.05) is 19.3 Å². The quantitative estimate of drug-likeness (QED) is 0.0793. The van der Waals surface area contributed by atoms with E-state index in [0.717, 1.165) is 83.7 Å². The number of fused-ring (bicyclic) bond motifs is 2. The molecule has 0 radical (unpaired) electrons. The average Bonchev–Trinajstić information content (AvgIpc) is 3.89. The van der Waals surface area contributed by atoms with Crippen molar-refractivity contribution in [1.82, 2.24) is 45.2 Å². The monoisotopic (exact) mass is 1010 g/mol. The normalized spacial score (nSPS) is 14.2. The van der Waals surface area contributed by atoms with E-state index in [4.69, 9.17) is 21.7 Å². The summed E-state index contributed by atoms with van der Waals surface area (Å²) in [6.45, 7) is 17.6. The Morgan fingerprint density at radius 3 is 1.54 bits per heavy atom. The molecule has 0 saturated carbocycles. The number of aromatic amines is 2. The number of amides is 3. The molecule has 8 N–H and O–H groups in total. The maximum absolute atomic E-state index is 14.3. The van der Waals surface area contributed by atoms with Crippen molar-refractivity contribution in [3.05, 3.63) is 83.5 Å². The molecule has 8 heterocycles. The number of aromatic carboxylic acids is 1. The first-order valence-corrected chi connectivity index (χ1v) is 22.5. The van der Waals surface area contributed by atoms with Gasteiger partial charge >= 0.3 is 18.2 Å². The number of carboxylic acid groups (broad SMARTS) is 1. The van der Waals surface area contributed by atoms with Crippen molar-refractivity contribution in [2.75, 3.05) is 53.8 Å². The number of carboxylic acids is 1. The smallest absolute Gasteiger partial charge is 0.413 e. The van der Waals surface area contributed by atoms with Crippen LogP contribution in [0.1, 0.15) is 108 Å². The first-order valence-electron chi connectivity index (χ1n) is 23.2. The van der Waals surface area contributed by atoms with E-state index >= 15 is 0 Å². The number of halogens is 3. The van der Waals surface area contributed by atoms with E-state index in [0.29, 0.717) is 32.0 Å². The molecule has 72 heavy (non-hydrogen) atoms. The fraction of sp³-hybridized carbons (Fsp3) is 0.458. The fourth-order valence-corrected chi connectivity index (χ4v) is 7.45. The number of aryl methyl sites for hydroxylation is 2. The lowest BCUT2D eigenvalue weighted by Crippen LogP contribution is -2.45. The van der Waals surface area contributed by atoms with Crippen molar-refractivity contribution in [2.24, 2.45) is 5.73 Å². The summed E-state index contributed by atoms with van der Waals surface area (Å²) in [6.07, 6.45) is 10.6. The standard InChI is InChI=1S/C23H28FN7O3.C12H17N5.C11H13FN2O4.CH3F.CH4/c1-13-10-26-19-18(13)20(28-12-27-19)31-7-5-14(6-8-31)29-21(32)15-9-17(25-11-16(15)24)30-22(33)34-23(2,3)4;1-8-6-14-11-10(8)12(16-7-15-11)17-4-2-9(13)3-5-17;1-11(2,3)18-10(17)14-8-4-6(9(15)16)7(12)5-13-8;1-2;/h9-12,14H,5-8H2,1-4H3,(H,29,32)(H,25,30,33)(H,26,27,28);6-7,9H,2-5,13H2,1H3,(H,14,15,16);4-5H,1-3H3,(H,15,16)(H,13,14,17);1H3;1H4/i;;;1D;. The van der Waals surface area contributed by atoms with Crippen LogP contribution in [0.5, 0.6) is 0 Å². The maximum Gasteiger partial charge on any atom is 0.413 e. The van der Waals surface area contributed by atoms with Gasteiger partial charge in [0.25, 0.3) is 5.91 Å². The predicted molar refractivity (Wildman–Crippen MR) is 268 cm³/mol. The lowest BCUT2D eigenvalue weighted by atomic mass is 10.0. The molecule has 0 aromatic carbocycles. The van der Waals surface area contributed by atoms with E-state index in [9.17, 15) is 32.3 Å². The molecular weight excluding hydrogens is 942 g/mol. The largest absolute Gasteiger partial charge is 0.478 e. The number of rotatable bonds is 7. The molecule has 2 fully saturated rings. The summed E-state index contributed by atoms with van der Waals surface area (Å²) in [7, 11) is -1.00. The molecule has 21 nitrogen and oxygen atoms in total. The number of aromatic nitrogens is 8. The molecule has 0 bridgehead atoms. The summed E-state index contributed by atoms with van der Waals surface area (Å²) < 4.78 is 53.0. The van der Waals surface area contributed by atoms with Gasteiger partial charge in [-0.2, -0.15) is 0 Å². The number of H-pyrrole nitrogens is 2. The number of pyridine rings is 2. The van der Waals surface area contributed by atoms with Gasteiger partial charge in [0.15, 0.2) is 11.6 Å². The van der Waals surface area contributed by atoms with Gasteiger partial charge in [0.2, 0.25) is 0 Å². The van der Waals surface area contributed by atoms with Gasteiger partial charge in [0.05, 0.1) is 37.3 Å². The van der Waals surface area contributed by atoms with Gasteiger partial charge in [-0.25, -0.2) is 53.1 Å². The van der Waals surface area contributed by atoms with Crippen molar-refractivity contribution < 1.29 is 48.3 Å². The summed E-state index contributed by atoms with van der Waals surface area (Å²) in [6, 6.07) is 2.34. The highest BCUT2D eigenvalue weighted by atomic mass is 19.1. The van der Waals surface area contributed by atoms with E-state index in [1.165, 1.54) is 18.0 Å². The second kappa shape index (κ2) is 25.0. The zero-order valence-corrected chi connectivity index (χ0v) is 40.8. The minimum Gasteiger partial charge on any atom is -0.478 e. The van der Waals surface area contributed by atoms with Crippen molar-refractivity contribution in [2.45, 2.75) is 112 Å². The van der Waals surface area contributed by atoms with Gasteiger partial charge in [-0.15, -0.1) is 0 Å². The summed E-state index contributed by atoms with van der Waals surface area (Å²) in [5.74, 6) is -1.90. The van der Waals surface area contributed by atoms with Gasteiger partial charge in [-0.05, 0) is 104 Å². The summed E-state index contributed by atoms with van der Waals surface area (Å²) >= 11 is 0. The molecule has 24 heteroatoms. The predicted octanol–water partition coefficient (Wildman–Crippen LogP) is 8.23. The van der Waals surface area contributed by atoms with Crippen LogP contribution in [-0.4, -0.2) is 126 Å².